The lowest BCUT2D eigenvalue weighted by molar-refractivity contribution is 0.164. The van der Waals surface area contributed by atoms with Gasteiger partial charge in [-0.15, -0.1) is 12.4 Å². The van der Waals surface area contributed by atoms with Crippen molar-refractivity contribution in [3.8, 4) is 0 Å². The zero-order valence-electron chi connectivity index (χ0n) is 62.7. The Labute approximate surface area is 716 Å². The number of hydrogen-bond donors (Lipinski definition) is 4. The van der Waals surface area contributed by atoms with Crippen molar-refractivity contribution >= 4 is 180 Å². The number of aromatic nitrogens is 12. The topological polar surface area (TPSA) is 232 Å². The summed E-state index contributed by atoms with van der Waals surface area (Å²) < 4.78 is 38.0. The van der Waals surface area contributed by atoms with Crippen LogP contribution in [0.4, 0.5) is 11.9 Å². The van der Waals surface area contributed by atoms with Gasteiger partial charge in [-0.3, -0.25) is 28.2 Å². The van der Waals surface area contributed by atoms with Crippen LogP contribution < -0.4 is 30.3 Å². The van der Waals surface area contributed by atoms with E-state index in [1.165, 1.54) is 57.7 Å². The Hall–Kier alpha value is -5.92. The lowest BCUT2D eigenvalue weighted by Crippen LogP contribution is -2.48. The number of anilines is 2. The highest BCUT2D eigenvalue weighted by molar-refractivity contribution is 8.00. The molecule has 5 N–H and O–H groups in total. The van der Waals surface area contributed by atoms with Crippen LogP contribution in [0.2, 0.25) is 35.4 Å². The minimum atomic E-state index is -1.18. The molecule has 20 nitrogen and oxygen atoms in total. The van der Waals surface area contributed by atoms with E-state index in [9.17, 15) is 8.42 Å². The van der Waals surface area contributed by atoms with Crippen LogP contribution in [0.5, 0.6) is 0 Å². The maximum Gasteiger partial charge on any atom is 0.211 e. The number of halogens is 8. The van der Waals surface area contributed by atoms with Gasteiger partial charge in [-0.25, -0.2) is 47.8 Å². The van der Waals surface area contributed by atoms with Crippen molar-refractivity contribution in [1.29, 1.82) is 0 Å². The van der Waals surface area contributed by atoms with E-state index in [-0.39, 0.29) is 56.3 Å². The molecule has 9 aromatic heterocycles. The van der Waals surface area contributed by atoms with Gasteiger partial charge in [-0.05, 0) is 212 Å². The van der Waals surface area contributed by atoms with Crippen molar-refractivity contribution in [3.63, 3.8) is 0 Å². The molecule has 12 heterocycles. The number of piperidine rings is 3. The molecule has 3 aliphatic carbocycles. The van der Waals surface area contributed by atoms with Gasteiger partial charge in [0.25, 0.3) is 0 Å². The van der Waals surface area contributed by atoms with Crippen LogP contribution in [0.15, 0.2) is 195 Å². The molecular formula is C80H84Cl8N18O2S5. The first-order valence-corrected chi connectivity index (χ1v) is 44.3. The summed E-state index contributed by atoms with van der Waals surface area (Å²) in [5.41, 5.74) is 16.5. The van der Waals surface area contributed by atoms with Crippen LogP contribution in [0.25, 0.3) is 16.9 Å². The Bertz CT molecular complexity index is 5510. The van der Waals surface area contributed by atoms with Crippen molar-refractivity contribution in [2.75, 3.05) is 49.1 Å². The van der Waals surface area contributed by atoms with E-state index < -0.39 is 22.0 Å². The lowest BCUT2D eigenvalue weighted by atomic mass is 9.73. The molecule has 12 aromatic rings. The predicted octanol–water partition coefficient (Wildman–Crippen LogP) is 19.3. The van der Waals surface area contributed by atoms with Gasteiger partial charge in [-0.2, -0.15) is 0 Å². The number of benzene rings is 3. The Morgan fingerprint density at radius 2 is 0.788 bits per heavy atom. The van der Waals surface area contributed by atoms with Crippen molar-refractivity contribution in [1.82, 2.24) is 72.8 Å². The molecule has 18 rings (SSSR count). The number of nitrogens with one attached hydrogen (secondary N) is 3. The third kappa shape index (κ3) is 17.4. The average molecular weight is 1770 g/mol. The van der Waals surface area contributed by atoms with Gasteiger partial charge in [0.05, 0.1) is 88.4 Å². The van der Waals surface area contributed by atoms with Crippen LogP contribution in [-0.4, -0.2) is 115 Å². The molecule has 33 heteroatoms. The van der Waals surface area contributed by atoms with E-state index in [0.29, 0.717) is 35.4 Å². The summed E-state index contributed by atoms with van der Waals surface area (Å²) in [4.78, 5) is 51.2. The first-order valence-electron chi connectivity index (χ1n) is 36.9. The molecule has 0 amide bonds. The summed E-state index contributed by atoms with van der Waals surface area (Å²) in [7, 11) is -2.24. The first kappa shape index (κ1) is 83.6. The van der Waals surface area contributed by atoms with Crippen LogP contribution in [0.3, 0.4) is 0 Å². The van der Waals surface area contributed by atoms with Gasteiger partial charge in [0.15, 0.2) is 16.9 Å². The molecule has 0 saturated carbocycles. The SMILES string of the molecule is CC(C)(C)[S@@](=O)N[C@@H]1c2cccnc2CC12CCN(c1ncc(Sc3cccc(Cl)c3Cl)c3nccn13)CC2.CC(C)(C)[S@@](=O)N[C@@H]1c2cccnc2CC12CCNCC2.Cl.Clc1cccc(Sc2cnc(Cl)n3ccnc23)c1Cl.N[C@@H]1c2cccnc2CC12CCN(c1ncc(Sc3cccc(Cl)c3Cl)c3nccn13)CC2. The quantitative estimate of drug-likeness (QED) is 0.0833. The van der Waals surface area contributed by atoms with Crippen LogP contribution in [-0.2, 0) is 41.2 Å². The third-order valence-corrected chi connectivity index (χ3v) is 31.3. The van der Waals surface area contributed by atoms with Gasteiger partial charge in [0.2, 0.25) is 17.2 Å². The maximum atomic E-state index is 13.2. The van der Waals surface area contributed by atoms with Crippen LogP contribution >= 0.6 is 129 Å². The van der Waals surface area contributed by atoms with E-state index in [1.54, 1.807) is 47.4 Å². The second-order valence-electron chi connectivity index (χ2n) is 30.9. The fraction of sp³-hybridized carbons (Fsp3) is 0.362. The molecule has 0 radical (unpaired) electrons. The molecule has 3 spiro atoms. The standard InChI is InChI=1S/C28H30Cl2N6OS2.C24H22Cl2N6S.C16H25N3OS.C12H6Cl3N3S.ClH/c1-27(2,3)39(37)34-24-18-6-5-11-31-20(18)16-28(24)9-13-35(14-10-28)26-33-17-22(25-32-12-15-36(25)26)38-21-8-4-7-19(29)23(21)30;25-16-4-1-5-18(20(16)26)33-19-14-30-23(32-12-9-29-22(19)32)31-10-6-24(7-11-31)13-17-15(21(24)27)3-2-8-28-17;1-15(2,3)21(20)19-14-12-5-4-8-18-13(12)11-16(14)6-9-17-10-7-16;13-7-2-1-3-8(10(7)14)19-9-6-17-12(15)18-5-4-16-11(9)18;/h4-8,11-12,15,17,24,34H,9-10,13-14,16H2,1-3H3;1-5,8-9,12,14,21H,6-7,10-11,13,27H2;4-5,8,14,17,19H,6-7,9-11H2,1-3H3;1-6H;1H/t24-,39-;21-;14-,21-;;/m111../s1. The molecule has 592 valence electrons. The van der Waals surface area contributed by atoms with Gasteiger partial charge >= 0.3 is 0 Å². The Kier molecular flexibility index (Phi) is 25.8. The highest BCUT2D eigenvalue weighted by Crippen LogP contribution is 2.55. The van der Waals surface area contributed by atoms with Gasteiger partial charge < -0.3 is 20.9 Å². The molecule has 113 heavy (non-hydrogen) atoms. The second kappa shape index (κ2) is 34.9. The number of imidazole rings is 3. The van der Waals surface area contributed by atoms with Crippen LogP contribution in [0.1, 0.15) is 132 Å². The van der Waals surface area contributed by atoms with Crippen molar-refractivity contribution in [2.24, 2.45) is 22.0 Å². The number of fused-ring (bicyclic) bond motifs is 6. The Morgan fingerprint density at radius 3 is 1.19 bits per heavy atom. The first-order chi connectivity index (χ1) is 53.8. The average Bonchev–Trinajstić information content (AvgIpc) is 1.61. The summed E-state index contributed by atoms with van der Waals surface area (Å²) in [5.74, 6) is 1.77. The Balaban J connectivity index is 0.000000130. The molecule has 3 saturated heterocycles. The Morgan fingerprint density at radius 1 is 0.434 bits per heavy atom. The molecule has 0 bridgehead atoms. The monoisotopic (exact) mass is 1770 g/mol. The van der Waals surface area contributed by atoms with Gasteiger partial charge in [0.1, 0.15) is 0 Å². The second-order valence-corrected chi connectivity index (χ2v) is 40.8. The highest BCUT2D eigenvalue weighted by Gasteiger charge is 2.52. The minimum Gasteiger partial charge on any atom is -0.342 e. The summed E-state index contributed by atoms with van der Waals surface area (Å²) in [6.07, 6.45) is 31.0. The van der Waals surface area contributed by atoms with Crippen LogP contribution in [0, 0.1) is 16.2 Å². The third-order valence-electron chi connectivity index (χ3n) is 21.9. The number of pyridine rings is 3. The molecule has 6 aliphatic rings. The van der Waals surface area contributed by atoms with Crippen molar-refractivity contribution in [2.45, 2.75) is 156 Å². The zero-order chi connectivity index (χ0) is 78.4. The number of nitrogens with zero attached hydrogens (tertiary/aromatic N) is 14. The van der Waals surface area contributed by atoms with E-state index in [0.717, 1.165) is 167 Å². The van der Waals surface area contributed by atoms with Gasteiger partial charge in [0, 0.05) is 138 Å². The predicted molar refractivity (Wildman–Crippen MR) is 464 cm³/mol. The van der Waals surface area contributed by atoms with Gasteiger partial charge in [-0.1, -0.05) is 141 Å². The molecular weight excluding hydrogens is 1690 g/mol. The summed E-state index contributed by atoms with van der Waals surface area (Å²) >= 11 is 47.9. The highest BCUT2D eigenvalue weighted by atomic mass is 35.5. The molecule has 3 fully saturated rings. The molecule has 0 unspecified atom stereocenters. The number of rotatable bonds is 12. The van der Waals surface area contributed by atoms with E-state index in [2.05, 4.69) is 77.1 Å². The van der Waals surface area contributed by atoms with Crippen molar-refractivity contribution < 1.29 is 8.42 Å². The smallest absolute Gasteiger partial charge is 0.211 e. The summed E-state index contributed by atoms with van der Waals surface area (Å²) in [6.45, 7) is 17.6. The van der Waals surface area contributed by atoms with E-state index in [1.807, 2.05) is 150 Å². The molecule has 3 aliphatic heterocycles. The zero-order valence-corrected chi connectivity index (χ0v) is 72.9. The maximum absolute atomic E-state index is 13.2. The van der Waals surface area contributed by atoms with E-state index in [4.69, 9.17) is 102 Å². The fourth-order valence-electron chi connectivity index (χ4n) is 15.9. The molecule has 5 atom stereocenters. The normalized spacial score (nSPS) is 19.0. The number of nitrogens with two attached hydrogens (primary N) is 1. The van der Waals surface area contributed by atoms with E-state index >= 15 is 0 Å². The lowest BCUT2D eigenvalue weighted by Gasteiger charge is -2.44. The fourth-order valence-corrected chi connectivity index (χ4v) is 22.1. The molecule has 3 aromatic carbocycles. The largest absolute Gasteiger partial charge is 0.342 e. The summed E-state index contributed by atoms with van der Waals surface area (Å²) in [5, 5.41) is 6.99. The minimum absolute atomic E-state index is 0. The summed E-state index contributed by atoms with van der Waals surface area (Å²) in [6, 6.07) is 29.3. The number of hydrogen-bond acceptors (Lipinski definition) is 18. The van der Waals surface area contributed by atoms with Crippen molar-refractivity contribution in [3.05, 3.63) is 235 Å².